The highest BCUT2D eigenvalue weighted by Crippen LogP contribution is 2.76. The number of fused-ring (bicyclic) bond motifs is 7. The number of aliphatic hydroxyl groups excluding tert-OH is 27. The summed E-state index contributed by atoms with van der Waals surface area (Å²) in [7, 11) is 0. The van der Waals surface area contributed by atoms with Crippen LogP contribution in [0.3, 0.4) is 0 Å². The van der Waals surface area contributed by atoms with E-state index in [1.54, 1.807) is 6.92 Å². The first kappa shape index (κ1) is 107. The Hall–Kier alpha value is -2.63. The minimum absolute atomic E-state index is 0.0290. The molecule has 0 radical (unpaired) electrons. The molecule has 10 heterocycles. The van der Waals surface area contributed by atoms with Gasteiger partial charge in [0.1, 0.15) is 214 Å². The molecule has 135 heavy (non-hydrogen) atoms. The summed E-state index contributed by atoms with van der Waals surface area (Å²) in [6.45, 7) is 12.3. The molecule has 10 saturated heterocycles. The molecule has 0 amide bonds. The molecule has 0 spiro atoms. The number of ether oxygens (including phenoxy) is 20. The molecule has 48 nitrogen and oxygen atoms in total. The minimum Gasteiger partial charge on any atom is -0.432 e. The fraction of sp³-hybridized carbons (Fsp3) is 0.966. The van der Waals surface area contributed by atoms with Crippen molar-refractivity contribution >= 4 is 5.97 Å². The van der Waals surface area contributed by atoms with Crippen molar-refractivity contribution in [2.24, 2.45) is 50.2 Å². The van der Waals surface area contributed by atoms with Gasteiger partial charge in [0, 0.05) is 0 Å². The lowest BCUT2D eigenvalue weighted by molar-refractivity contribution is -0.391. The molecule has 0 aromatic heterocycles. The van der Waals surface area contributed by atoms with Gasteiger partial charge in [-0.2, -0.15) is 0 Å². The van der Waals surface area contributed by atoms with Crippen LogP contribution in [0.25, 0.3) is 0 Å². The van der Waals surface area contributed by atoms with Gasteiger partial charge in [-0.1, -0.05) is 60.1 Å². The lowest BCUT2D eigenvalue weighted by Gasteiger charge is -2.71. The summed E-state index contributed by atoms with van der Waals surface area (Å²) in [6, 6.07) is 0. The molecular formula is C87H142O48. The highest BCUT2D eigenvalue weighted by molar-refractivity contribution is 5.79. The number of rotatable bonds is 25. The molecule has 5 aliphatic carbocycles. The van der Waals surface area contributed by atoms with E-state index in [-0.39, 0.29) is 34.0 Å². The smallest absolute Gasteiger partial charge is 0.315 e. The quantitative estimate of drug-likeness (QED) is 0.0229. The molecule has 778 valence electrons. The molecule has 0 bridgehead atoms. The Balaban J connectivity index is 0.553. The first-order chi connectivity index (χ1) is 63.5. The maximum atomic E-state index is 15.5. The Morgan fingerprint density at radius 3 is 1.32 bits per heavy atom. The van der Waals surface area contributed by atoms with E-state index in [2.05, 4.69) is 54.5 Å². The van der Waals surface area contributed by atoms with Crippen LogP contribution in [0.5, 0.6) is 0 Å². The van der Waals surface area contributed by atoms with E-state index in [0.717, 1.165) is 18.4 Å². The first-order valence-electron chi connectivity index (χ1n) is 46.8. The number of esters is 1. The zero-order valence-electron chi connectivity index (χ0n) is 76.4. The second-order valence-electron chi connectivity index (χ2n) is 41.8. The van der Waals surface area contributed by atoms with Crippen molar-refractivity contribution in [2.75, 3.05) is 52.9 Å². The Kier molecular flexibility index (Phi) is 32.9. The number of carbonyl (C=O) groups is 1. The molecule has 10 aliphatic heterocycles. The highest BCUT2D eigenvalue weighted by Gasteiger charge is 2.72. The van der Waals surface area contributed by atoms with Crippen molar-refractivity contribution in [3.8, 4) is 0 Å². The second-order valence-corrected chi connectivity index (χ2v) is 41.8. The van der Waals surface area contributed by atoms with Gasteiger partial charge in [0.2, 0.25) is 6.29 Å². The summed E-state index contributed by atoms with van der Waals surface area (Å²) in [6.07, 6.45) is -75.6. The average molecular weight is 1960 g/mol. The molecule has 8 unspecified atom stereocenters. The average Bonchev–Trinajstić information content (AvgIpc) is 0.672. The van der Waals surface area contributed by atoms with Crippen LogP contribution in [0.4, 0.5) is 0 Å². The first-order valence-corrected chi connectivity index (χ1v) is 46.8. The monoisotopic (exact) mass is 1950 g/mol. The lowest BCUT2D eigenvalue weighted by Crippen LogP contribution is -2.67. The van der Waals surface area contributed by atoms with E-state index in [9.17, 15) is 138 Å². The van der Waals surface area contributed by atoms with Crippen LogP contribution in [-0.4, -0.2) is 492 Å². The van der Waals surface area contributed by atoms with Crippen LogP contribution in [-0.2, 0) is 99.5 Å². The Bertz CT molecular complexity index is 3910. The molecule has 0 aromatic carbocycles. The van der Waals surface area contributed by atoms with E-state index in [1.807, 2.05) is 0 Å². The number of allylic oxidation sites excluding steroid dienone is 2. The molecule has 27 N–H and O–H groups in total. The summed E-state index contributed by atoms with van der Waals surface area (Å²) in [5, 5.41) is 297. The van der Waals surface area contributed by atoms with Gasteiger partial charge in [0.05, 0.1) is 76.6 Å². The molecule has 4 saturated carbocycles. The zero-order chi connectivity index (χ0) is 98.2. The Morgan fingerprint density at radius 1 is 0.356 bits per heavy atom. The topological polar surface area (TPSA) is 748 Å². The third kappa shape index (κ3) is 19.7. The van der Waals surface area contributed by atoms with E-state index < -0.39 is 370 Å². The summed E-state index contributed by atoms with van der Waals surface area (Å²) in [5.74, 6) is -0.914. The van der Waals surface area contributed by atoms with Gasteiger partial charge in [0.15, 0.2) is 56.6 Å². The fourth-order valence-corrected chi connectivity index (χ4v) is 24.4. The third-order valence-electron chi connectivity index (χ3n) is 32.8. The Labute approximate surface area is 776 Å². The molecule has 0 aromatic rings. The van der Waals surface area contributed by atoms with Gasteiger partial charge in [0.25, 0.3) is 0 Å². The lowest BCUT2D eigenvalue weighted by atomic mass is 9.33. The van der Waals surface area contributed by atoms with Crippen molar-refractivity contribution < 1.29 is 237 Å². The van der Waals surface area contributed by atoms with Crippen LogP contribution in [0, 0.1) is 50.2 Å². The number of carbonyl (C=O) groups excluding carboxylic acids is 1. The maximum Gasteiger partial charge on any atom is 0.315 e. The highest BCUT2D eigenvalue weighted by atomic mass is 16.8. The number of aliphatic hydroxyl groups is 27. The summed E-state index contributed by atoms with van der Waals surface area (Å²) < 4.78 is 118. The van der Waals surface area contributed by atoms with Gasteiger partial charge in [-0.3, -0.25) is 4.79 Å². The van der Waals surface area contributed by atoms with Gasteiger partial charge in [-0.25, -0.2) is 0 Å². The van der Waals surface area contributed by atoms with Crippen LogP contribution in [0.1, 0.15) is 127 Å². The van der Waals surface area contributed by atoms with Crippen molar-refractivity contribution in [2.45, 2.75) is 421 Å². The number of hydrogen-bond acceptors (Lipinski definition) is 48. The molecule has 15 aliphatic rings. The predicted molar refractivity (Wildman–Crippen MR) is 438 cm³/mol. The van der Waals surface area contributed by atoms with Crippen molar-refractivity contribution in [3.63, 3.8) is 0 Å². The van der Waals surface area contributed by atoms with Gasteiger partial charge in [-0.05, 0) is 123 Å². The standard InChI is InChI=1S/C87H142O48/c1-29-44(94)50(100)58(108)74(120-29)130-67-38(24-91)125-77(64(114)56(67)106)132-66-36(22-89)123-71(61(111)54(66)104)118-27-39-48(98)52(102)60(110)78(127-39)135-81(115)87-18-16-82(3,4)20-32(87)31-10-11-42-84(7)14-13-43(83(5,6)41(84)12-15-86(42,9)85(31,8)17-19-87)128-73-62(112)53(103)65(30(2)121-73)129-79-70(46(96)34(93)25-116-79)134-80-69(45(95)33(92)26-117-80)133-72-57(107)49(99)40(28-119-72)126-75-63(113)55(105)68(37(23-90)124-75)131-76-59(109)51(101)47(97)35(21-88)122-76/h10,29-30,32-80,88-114H,11-28H2,1-9H3/t29-,30+,32?,33-,34-,35+,36-,37+,38-,39-,40+,41?,42?,43?,44-,45+,46+,47+,48+,49+,50-,51+,52-,53-,54+,55-,56+,57+,58-,59+,60-,61-,62+,63+,64-,65-,66-,67-,68+,69+,70+,71-,72-,73-,74+,75-,76-,77+,78-,79-,80-,84?,85?,86?,87?/m0/s1. The van der Waals surface area contributed by atoms with E-state index in [4.69, 9.17) is 94.7 Å². The Morgan fingerprint density at radius 2 is 0.770 bits per heavy atom. The van der Waals surface area contributed by atoms with Gasteiger partial charge >= 0.3 is 5.97 Å². The van der Waals surface area contributed by atoms with Gasteiger partial charge < -0.3 is 233 Å². The van der Waals surface area contributed by atoms with E-state index in [0.29, 0.717) is 51.4 Å². The van der Waals surface area contributed by atoms with Crippen LogP contribution in [0.2, 0.25) is 0 Å². The van der Waals surface area contributed by atoms with Crippen LogP contribution < -0.4 is 0 Å². The van der Waals surface area contributed by atoms with Crippen LogP contribution in [0.15, 0.2) is 11.6 Å². The van der Waals surface area contributed by atoms with Gasteiger partial charge in [-0.15, -0.1) is 0 Å². The summed E-state index contributed by atoms with van der Waals surface area (Å²) >= 11 is 0. The maximum absolute atomic E-state index is 15.5. The SMILES string of the molecule is C[C@@H]1O[C@H](O[C@@H]2[C@H](O)[C@H](O)[C@@H](O[C@@H]3[C@H](O)[C@H](O)[C@@H](OC[C@@H]4O[C@@H](OC(=O)C56CCC(C)(C)CC5C5=CCC7C8(C)CCC(O[C@@H]9O[C@H](C)[C@H](O[C@@H]%10OC[C@H](O)[C@@H](O)[C@H]%10O[C@@H]%10OC[C@H](O)[C@@H](O)[C@H]%10O[C@@H]%10OC[C@@H](O[C@@H]%11O[C@H](CO)[C@@H](O[C@@H]%12O[C@H](CO)[C@@H](O)[C@@H](O)[C@H]%12O)[C@@H](O)[C@H]%11O)[C@@H](O)[C@H]%10O)[C@@H](O)[C@H]9O)C(C)(C)C8CCC7(C)C5(C)CC6)[C@@H](O)[C@@H](O)[C@@H]4O)O[C@H]3CO)O[C@H]2CO)[C@@H](O)[C@@H](O)[C@H]1O. The predicted octanol–water partition coefficient (Wildman–Crippen LogP) is -11.1. The molecule has 48 heteroatoms. The molecule has 15 rings (SSSR count). The normalized spacial score (nSPS) is 54.6. The largest absolute Gasteiger partial charge is 0.432 e. The molecule has 55 atom stereocenters. The van der Waals surface area contributed by atoms with Crippen molar-refractivity contribution in [3.05, 3.63) is 11.6 Å². The van der Waals surface area contributed by atoms with E-state index in [1.165, 1.54) is 6.92 Å². The van der Waals surface area contributed by atoms with Crippen molar-refractivity contribution in [1.82, 2.24) is 0 Å². The van der Waals surface area contributed by atoms with E-state index >= 15 is 4.79 Å². The van der Waals surface area contributed by atoms with Crippen molar-refractivity contribution in [1.29, 1.82) is 0 Å². The van der Waals surface area contributed by atoms with Crippen LogP contribution >= 0.6 is 0 Å². The fourth-order valence-electron chi connectivity index (χ4n) is 24.4. The minimum atomic E-state index is -2.10. The molecular weight excluding hydrogens is 1810 g/mol. The second kappa shape index (κ2) is 41.7. The third-order valence-corrected chi connectivity index (χ3v) is 32.8. The molecule has 14 fully saturated rings. The zero-order valence-corrected chi connectivity index (χ0v) is 76.4. The number of hydrogen-bond donors (Lipinski definition) is 27. The summed E-state index contributed by atoms with van der Waals surface area (Å²) in [5.41, 5.74) is -1.98. The summed E-state index contributed by atoms with van der Waals surface area (Å²) in [4.78, 5) is 15.5.